The first kappa shape index (κ1) is 33.7. The maximum atomic E-state index is 13.6. The number of likely N-dealkylation sites (tertiary alicyclic amines) is 2. The van der Waals surface area contributed by atoms with Gasteiger partial charge in [0.2, 0.25) is 5.95 Å². The van der Waals surface area contributed by atoms with Crippen LogP contribution >= 0.6 is 0 Å². The van der Waals surface area contributed by atoms with Gasteiger partial charge in [0.25, 0.3) is 5.91 Å². The van der Waals surface area contributed by atoms with Crippen molar-refractivity contribution in [3.8, 4) is 0 Å². The van der Waals surface area contributed by atoms with E-state index in [0.29, 0.717) is 48.8 Å². The van der Waals surface area contributed by atoms with Crippen LogP contribution in [0.1, 0.15) is 47.2 Å². The summed E-state index contributed by atoms with van der Waals surface area (Å²) in [6.07, 6.45) is 4.60. The number of carbonyl (C=O) groups excluding carboxylic acids is 2. The standard InChI is InChI=1S/C35H46BN9O3/c1-41-19-21-43(22-20-41)29-11-15-42(16-12-29)24-26-7-9-28(10-8-26)33(46)40-45(32-31(36)23-38-34(37)39-32)30-13-17-44(18-14-30)35(47)48-25-27-5-3-2-4-6-27/h2-10,23,29-30H,11-22,24-25H2,1H3,(H,40,46)(H2,37,38,39). The Morgan fingerprint density at radius 3 is 2.29 bits per heavy atom. The lowest BCUT2D eigenvalue weighted by atomic mass is 9.97. The number of benzene rings is 2. The number of rotatable bonds is 9. The predicted molar refractivity (Wildman–Crippen MR) is 187 cm³/mol. The molecule has 2 aromatic carbocycles. The molecule has 1 aromatic heterocycles. The first-order valence-corrected chi connectivity index (χ1v) is 17.0. The van der Waals surface area contributed by atoms with E-state index >= 15 is 0 Å². The van der Waals surface area contributed by atoms with E-state index in [1.165, 1.54) is 37.7 Å². The van der Waals surface area contributed by atoms with Gasteiger partial charge in [-0.1, -0.05) is 42.5 Å². The number of aromatic nitrogens is 2. The van der Waals surface area contributed by atoms with Gasteiger partial charge in [-0.15, -0.1) is 0 Å². The van der Waals surface area contributed by atoms with Gasteiger partial charge in [0.15, 0.2) is 0 Å². The van der Waals surface area contributed by atoms with Crippen molar-refractivity contribution in [3.05, 3.63) is 77.5 Å². The summed E-state index contributed by atoms with van der Waals surface area (Å²) in [5, 5.41) is 1.68. The predicted octanol–water partition coefficient (Wildman–Crippen LogP) is 2.02. The molecule has 252 valence electrons. The number of carbonyl (C=O) groups is 2. The van der Waals surface area contributed by atoms with Gasteiger partial charge in [-0.3, -0.25) is 25.0 Å². The minimum absolute atomic E-state index is 0.0530. The van der Waals surface area contributed by atoms with Crippen molar-refractivity contribution in [2.24, 2.45) is 0 Å². The van der Waals surface area contributed by atoms with Crippen molar-refractivity contribution in [1.29, 1.82) is 0 Å². The van der Waals surface area contributed by atoms with E-state index in [2.05, 4.69) is 37.1 Å². The number of piperidine rings is 2. The number of anilines is 2. The Bertz CT molecular complexity index is 1510. The van der Waals surface area contributed by atoms with Crippen LogP contribution in [-0.2, 0) is 17.9 Å². The highest BCUT2D eigenvalue weighted by atomic mass is 16.6. The molecule has 12 nitrogen and oxygen atoms in total. The molecule has 0 atom stereocenters. The van der Waals surface area contributed by atoms with E-state index in [-0.39, 0.29) is 30.6 Å². The number of hydrogen-bond acceptors (Lipinski definition) is 10. The summed E-state index contributed by atoms with van der Waals surface area (Å²) in [5.74, 6) is 0.102. The zero-order chi connectivity index (χ0) is 33.5. The zero-order valence-corrected chi connectivity index (χ0v) is 27.8. The fourth-order valence-corrected chi connectivity index (χ4v) is 6.85. The molecule has 0 unspecified atom stereocenters. The molecule has 13 heteroatoms. The number of likely N-dealkylation sites (N-methyl/N-ethyl adjacent to an activating group) is 1. The van der Waals surface area contributed by atoms with Crippen LogP contribution in [0.2, 0.25) is 0 Å². The molecule has 3 saturated heterocycles. The minimum Gasteiger partial charge on any atom is -0.445 e. The number of amides is 2. The lowest BCUT2D eigenvalue weighted by molar-refractivity contribution is 0.0658. The van der Waals surface area contributed by atoms with Gasteiger partial charge in [-0.2, -0.15) is 4.98 Å². The van der Waals surface area contributed by atoms with E-state index in [1.54, 1.807) is 9.91 Å². The number of nitrogens with zero attached hydrogens (tertiary/aromatic N) is 7. The third-order valence-corrected chi connectivity index (χ3v) is 9.79. The SMILES string of the molecule is [B]c1cnc(N)nc1N(NC(=O)c1ccc(CN2CCC(N3CCN(C)CC3)CC2)cc1)C1CCN(C(=O)OCc2ccccc2)CC1. The van der Waals surface area contributed by atoms with Crippen molar-refractivity contribution in [2.45, 2.75) is 50.9 Å². The van der Waals surface area contributed by atoms with Gasteiger partial charge in [0, 0.05) is 63.6 Å². The van der Waals surface area contributed by atoms with Crippen LogP contribution in [0.3, 0.4) is 0 Å². The molecular formula is C35H46BN9O3. The summed E-state index contributed by atoms with van der Waals surface area (Å²) in [6.45, 7) is 8.80. The van der Waals surface area contributed by atoms with Crippen molar-refractivity contribution in [1.82, 2.24) is 35.0 Å². The molecule has 3 fully saturated rings. The van der Waals surface area contributed by atoms with Crippen LogP contribution in [0.4, 0.5) is 16.6 Å². The van der Waals surface area contributed by atoms with Crippen LogP contribution in [0.25, 0.3) is 0 Å². The monoisotopic (exact) mass is 651 g/mol. The topological polar surface area (TPSA) is 123 Å². The van der Waals surface area contributed by atoms with Crippen molar-refractivity contribution >= 4 is 37.1 Å². The Hall–Kier alpha value is -4.20. The van der Waals surface area contributed by atoms with Gasteiger partial charge in [0.1, 0.15) is 20.3 Å². The Kier molecular flexibility index (Phi) is 11.1. The summed E-state index contributed by atoms with van der Waals surface area (Å²) < 4.78 is 5.54. The molecule has 2 amide bonds. The van der Waals surface area contributed by atoms with Gasteiger partial charge in [-0.25, -0.2) is 9.78 Å². The maximum absolute atomic E-state index is 13.6. The molecule has 2 radical (unpaired) electrons. The molecule has 4 heterocycles. The average Bonchev–Trinajstić information content (AvgIpc) is 3.12. The van der Waals surface area contributed by atoms with E-state index in [0.717, 1.165) is 38.3 Å². The number of hydrogen-bond donors (Lipinski definition) is 2. The van der Waals surface area contributed by atoms with Crippen molar-refractivity contribution < 1.29 is 14.3 Å². The fraction of sp³-hybridized carbons (Fsp3) is 0.486. The molecule has 0 bridgehead atoms. The number of nitrogen functional groups attached to an aromatic ring is 1. The molecule has 3 aliphatic heterocycles. The van der Waals surface area contributed by atoms with E-state index < -0.39 is 0 Å². The van der Waals surface area contributed by atoms with E-state index in [4.69, 9.17) is 18.3 Å². The summed E-state index contributed by atoms with van der Waals surface area (Å²) >= 11 is 0. The summed E-state index contributed by atoms with van der Waals surface area (Å²) in [6, 6.07) is 17.9. The fourth-order valence-electron chi connectivity index (χ4n) is 6.85. The first-order valence-electron chi connectivity index (χ1n) is 17.0. The van der Waals surface area contributed by atoms with Crippen LogP contribution < -0.4 is 21.6 Å². The van der Waals surface area contributed by atoms with Gasteiger partial charge in [-0.05, 0) is 74.5 Å². The molecule has 0 spiro atoms. The minimum atomic E-state index is -0.363. The molecule has 48 heavy (non-hydrogen) atoms. The second-order valence-corrected chi connectivity index (χ2v) is 13.1. The zero-order valence-electron chi connectivity index (χ0n) is 27.8. The highest BCUT2D eigenvalue weighted by Crippen LogP contribution is 2.22. The van der Waals surface area contributed by atoms with Crippen LogP contribution in [0, 0.1) is 0 Å². The molecule has 0 aliphatic carbocycles. The second kappa shape index (κ2) is 15.8. The second-order valence-electron chi connectivity index (χ2n) is 13.1. The number of ether oxygens (including phenoxy) is 1. The number of hydrazine groups is 1. The molecule has 0 saturated carbocycles. The number of nitrogens with one attached hydrogen (secondary N) is 1. The number of nitrogens with two attached hydrogens (primary N) is 1. The molecule has 6 rings (SSSR count). The average molecular weight is 652 g/mol. The molecule has 3 N–H and O–H groups in total. The Balaban J connectivity index is 1.04. The Labute approximate surface area is 284 Å². The van der Waals surface area contributed by atoms with Gasteiger partial charge >= 0.3 is 6.09 Å². The third kappa shape index (κ3) is 8.63. The van der Waals surface area contributed by atoms with E-state index in [1.807, 2.05) is 54.6 Å². The largest absolute Gasteiger partial charge is 0.445 e. The van der Waals surface area contributed by atoms with Crippen LogP contribution in [0.15, 0.2) is 60.8 Å². The van der Waals surface area contributed by atoms with Gasteiger partial charge in [0.05, 0.1) is 6.04 Å². The third-order valence-electron chi connectivity index (χ3n) is 9.79. The lowest BCUT2D eigenvalue weighted by Gasteiger charge is -2.42. The lowest BCUT2D eigenvalue weighted by Crippen LogP contribution is -2.55. The molecule has 3 aromatic rings. The number of piperazine rings is 1. The quantitative estimate of drug-likeness (QED) is 0.263. The normalized spacial score (nSPS) is 18.8. The summed E-state index contributed by atoms with van der Waals surface area (Å²) in [7, 11) is 8.48. The highest BCUT2D eigenvalue weighted by Gasteiger charge is 2.31. The van der Waals surface area contributed by atoms with Gasteiger partial charge < -0.3 is 20.3 Å². The van der Waals surface area contributed by atoms with Crippen LogP contribution in [-0.4, -0.2) is 121 Å². The first-order chi connectivity index (χ1) is 23.3. The smallest absolute Gasteiger partial charge is 0.410 e. The van der Waals surface area contributed by atoms with Crippen molar-refractivity contribution in [3.63, 3.8) is 0 Å². The van der Waals surface area contributed by atoms with Crippen LogP contribution in [0.5, 0.6) is 0 Å². The molecular weight excluding hydrogens is 605 g/mol. The van der Waals surface area contributed by atoms with E-state index in [9.17, 15) is 9.59 Å². The summed E-state index contributed by atoms with van der Waals surface area (Å²) in [4.78, 5) is 44.0. The Morgan fingerprint density at radius 1 is 0.917 bits per heavy atom. The summed E-state index contributed by atoms with van der Waals surface area (Å²) in [5.41, 5.74) is 11.9. The molecule has 3 aliphatic rings. The Morgan fingerprint density at radius 2 is 1.60 bits per heavy atom. The maximum Gasteiger partial charge on any atom is 0.410 e. The highest BCUT2D eigenvalue weighted by molar-refractivity contribution is 6.35. The van der Waals surface area contributed by atoms with Crippen molar-refractivity contribution in [2.75, 3.05) is 70.1 Å².